The van der Waals surface area contributed by atoms with Crippen molar-refractivity contribution >= 4 is 22.6 Å². The highest BCUT2D eigenvalue weighted by atomic mass is 35.5. The lowest BCUT2D eigenvalue weighted by molar-refractivity contribution is 0.297. The third kappa shape index (κ3) is 2.71. The molecule has 0 spiro atoms. The molecule has 3 nitrogen and oxygen atoms in total. The minimum atomic E-state index is 0.397. The van der Waals surface area contributed by atoms with Crippen LogP contribution in [0.2, 0.25) is 5.02 Å². The minimum Gasteiger partial charge on any atom is -0.486 e. The van der Waals surface area contributed by atoms with Gasteiger partial charge < -0.3 is 9.72 Å². The summed E-state index contributed by atoms with van der Waals surface area (Å²) in [5.74, 6) is 1.55. The molecule has 3 rings (SSSR count). The van der Waals surface area contributed by atoms with E-state index >= 15 is 0 Å². The van der Waals surface area contributed by atoms with Crippen LogP contribution in [0.25, 0.3) is 11.0 Å². The van der Waals surface area contributed by atoms with Crippen LogP contribution in [0.4, 0.5) is 0 Å². The Balaban J connectivity index is 1.78. The van der Waals surface area contributed by atoms with E-state index in [-0.39, 0.29) is 0 Å². The molecule has 0 radical (unpaired) electrons. The number of ether oxygens (including phenoxy) is 1. The first kappa shape index (κ1) is 12.1. The van der Waals surface area contributed by atoms with E-state index in [2.05, 4.69) is 23.0 Å². The number of H-pyrrole nitrogens is 1. The third-order valence-electron chi connectivity index (χ3n) is 2.86. The van der Waals surface area contributed by atoms with Crippen molar-refractivity contribution in [1.82, 2.24) is 9.97 Å². The van der Waals surface area contributed by atoms with E-state index < -0.39 is 0 Å². The molecule has 96 valence electrons. The number of benzene rings is 2. The fourth-order valence-corrected chi connectivity index (χ4v) is 2.13. The summed E-state index contributed by atoms with van der Waals surface area (Å²) in [5, 5.41) is 0.665. The second-order valence-corrected chi connectivity index (χ2v) is 4.89. The highest BCUT2D eigenvalue weighted by Crippen LogP contribution is 2.19. The first-order valence-corrected chi connectivity index (χ1v) is 6.42. The Morgan fingerprint density at radius 3 is 2.95 bits per heavy atom. The minimum absolute atomic E-state index is 0.397. The Bertz CT molecular complexity index is 721. The number of fused-ring (bicyclic) bond motifs is 1. The van der Waals surface area contributed by atoms with Crippen LogP contribution in [0.15, 0.2) is 42.5 Å². The van der Waals surface area contributed by atoms with Gasteiger partial charge in [0.25, 0.3) is 0 Å². The number of aryl methyl sites for hydroxylation is 1. The zero-order chi connectivity index (χ0) is 13.2. The number of hydrogen-bond acceptors (Lipinski definition) is 2. The summed E-state index contributed by atoms with van der Waals surface area (Å²) in [6.45, 7) is 2.45. The number of hydrogen-bond donors (Lipinski definition) is 1. The number of halogens is 1. The topological polar surface area (TPSA) is 37.9 Å². The molecule has 1 N–H and O–H groups in total. The van der Waals surface area contributed by atoms with Crippen molar-refractivity contribution in [2.24, 2.45) is 0 Å². The first-order valence-electron chi connectivity index (χ1n) is 6.04. The molecule has 0 amide bonds. The summed E-state index contributed by atoms with van der Waals surface area (Å²) in [6, 6.07) is 13.5. The molecule has 4 heteroatoms. The van der Waals surface area contributed by atoms with Gasteiger partial charge in [0.1, 0.15) is 18.2 Å². The molecule has 0 aliphatic carbocycles. The molecular weight excluding hydrogens is 260 g/mol. The van der Waals surface area contributed by atoms with Gasteiger partial charge in [0.15, 0.2) is 0 Å². The number of rotatable bonds is 3. The quantitative estimate of drug-likeness (QED) is 0.779. The lowest BCUT2D eigenvalue weighted by Crippen LogP contribution is -1.97. The van der Waals surface area contributed by atoms with Crippen LogP contribution in [0.5, 0.6) is 5.75 Å². The van der Waals surface area contributed by atoms with Gasteiger partial charge in [-0.1, -0.05) is 23.7 Å². The third-order valence-corrected chi connectivity index (χ3v) is 3.09. The van der Waals surface area contributed by atoms with Crippen molar-refractivity contribution < 1.29 is 4.74 Å². The molecule has 0 unspecified atom stereocenters. The number of aromatic amines is 1. The van der Waals surface area contributed by atoms with Gasteiger partial charge in [-0.3, -0.25) is 0 Å². The molecule has 0 fully saturated rings. The van der Waals surface area contributed by atoms with Gasteiger partial charge in [-0.2, -0.15) is 0 Å². The second-order valence-electron chi connectivity index (χ2n) is 4.45. The van der Waals surface area contributed by atoms with Crippen molar-refractivity contribution in [3.05, 3.63) is 58.9 Å². The maximum atomic E-state index is 5.90. The molecule has 0 saturated heterocycles. The average Bonchev–Trinajstić information content (AvgIpc) is 2.78. The SMILES string of the molecule is Cc1ccc2nc(COc3cccc(Cl)c3)[nH]c2c1. The molecule has 0 aliphatic rings. The molecule has 2 aromatic carbocycles. The van der Waals surface area contributed by atoms with E-state index in [0.717, 1.165) is 22.6 Å². The smallest absolute Gasteiger partial charge is 0.146 e. The molecule has 3 aromatic rings. The highest BCUT2D eigenvalue weighted by molar-refractivity contribution is 6.30. The molecule has 1 heterocycles. The van der Waals surface area contributed by atoms with E-state index in [4.69, 9.17) is 16.3 Å². The van der Waals surface area contributed by atoms with Crippen molar-refractivity contribution in [2.75, 3.05) is 0 Å². The molecule has 0 bridgehead atoms. The zero-order valence-corrected chi connectivity index (χ0v) is 11.2. The van der Waals surface area contributed by atoms with Gasteiger partial charge in [-0.05, 0) is 42.8 Å². The summed E-state index contributed by atoms with van der Waals surface area (Å²) in [5.41, 5.74) is 3.19. The maximum Gasteiger partial charge on any atom is 0.146 e. The molecule has 0 saturated carbocycles. The summed E-state index contributed by atoms with van der Waals surface area (Å²) >= 11 is 5.90. The maximum absolute atomic E-state index is 5.90. The van der Waals surface area contributed by atoms with Crippen molar-refractivity contribution in [3.8, 4) is 5.75 Å². The van der Waals surface area contributed by atoms with Gasteiger partial charge >= 0.3 is 0 Å². The van der Waals surface area contributed by atoms with Crippen molar-refractivity contribution in [3.63, 3.8) is 0 Å². The number of nitrogens with one attached hydrogen (secondary N) is 1. The Hall–Kier alpha value is -2.00. The Labute approximate surface area is 116 Å². The second kappa shape index (κ2) is 4.94. The predicted octanol–water partition coefficient (Wildman–Crippen LogP) is 4.10. The molecule has 0 atom stereocenters. The fraction of sp³-hybridized carbons (Fsp3) is 0.133. The fourth-order valence-electron chi connectivity index (χ4n) is 1.95. The Kier molecular flexibility index (Phi) is 3.13. The standard InChI is InChI=1S/C15H13ClN2O/c1-10-5-6-13-14(7-10)18-15(17-13)9-19-12-4-2-3-11(16)8-12/h2-8H,9H2,1H3,(H,17,18). The number of aromatic nitrogens is 2. The van der Waals surface area contributed by atoms with Crippen LogP contribution in [0, 0.1) is 6.92 Å². The van der Waals surface area contributed by atoms with Crippen molar-refractivity contribution in [2.45, 2.75) is 13.5 Å². The van der Waals surface area contributed by atoms with Gasteiger partial charge in [0.2, 0.25) is 0 Å². The summed E-state index contributed by atoms with van der Waals surface area (Å²) in [6.07, 6.45) is 0. The van der Waals surface area contributed by atoms with Crippen LogP contribution in [0.3, 0.4) is 0 Å². The van der Waals surface area contributed by atoms with E-state index in [1.54, 1.807) is 6.07 Å². The van der Waals surface area contributed by atoms with Gasteiger partial charge in [0, 0.05) is 5.02 Å². The van der Waals surface area contributed by atoms with Crippen LogP contribution >= 0.6 is 11.6 Å². The van der Waals surface area contributed by atoms with Crippen LogP contribution in [0.1, 0.15) is 11.4 Å². The Morgan fingerprint density at radius 2 is 2.11 bits per heavy atom. The van der Waals surface area contributed by atoms with Crippen molar-refractivity contribution in [1.29, 1.82) is 0 Å². The van der Waals surface area contributed by atoms with Gasteiger partial charge in [0.05, 0.1) is 11.0 Å². The van der Waals surface area contributed by atoms with E-state index in [1.165, 1.54) is 5.56 Å². The van der Waals surface area contributed by atoms with Crippen LogP contribution < -0.4 is 4.74 Å². The average molecular weight is 273 g/mol. The van der Waals surface area contributed by atoms with Gasteiger partial charge in [-0.25, -0.2) is 4.98 Å². The van der Waals surface area contributed by atoms with E-state index in [1.807, 2.05) is 30.3 Å². The van der Waals surface area contributed by atoms with E-state index in [0.29, 0.717) is 11.6 Å². The van der Waals surface area contributed by atoms with Crippen LogP contribution in [-0.2, 0) is 6.61 Å². The lowest BCUT2D eigenvalue weighted by atomic mass is 10.2. The van der Waals surface area contributed by atoms with Crippen LogP contribution in [-0.4, -0.2) is 9.97 Å². The zero-order valence-electron chi connectivity index (χ0n) is 10.5. The summed E-state index contributed by atoms with van der Waals surface area (Å²) in [4.78, 5) is 7.73. The normalized spacial score (nSPS) is 10.8. The Morgan fingerprint density at radius 1 is 1.21 bits per heavy atom. The largest absolute Gasteiger partial charge is 0.486 e. The predicted molar refractivity (Wildman–Crippen MR) is 76.6 cm³/mol. The molecule has 1 aromatic heterocycles. The molecular formula is C15H13ClN2O. The summed E-state index contributed by atoms with van der Waals surface area (Å²) in [7, 11) is 0. The van der Waals surface area contributed by atoms with Gasteiger partial charge in [-0.15, -0.1) is 0 Å². The lowest BCUT2D eigenvalue weighted by Gasteiger charge is -2.03. The van der Waals surface area contributed by atoms with E-state index in [9.17, 15) is 0 Å². The highest BCUT2D eigenvalue weighted by Gasteiger charge is 2.04. The number of nitrogens with zero attached hydrogens (tertiary/aromatic N) is 1. The molecule has 0 aliphatic heterocycles. The number of imidazole rings is 1. The summed E-state index contributed by atoms with van der Waals surface area (Å²) < 4.78 is 5.65. The first-order chi connectivity index (χ1) is 9.20. The monoisotopic (exact) mass is 272 g/mol. The molecule has 19 heavy (non-hydrogen) atoms.